The summed E-state index contributed by atoms with van der Waals surface area (Å²) in [5.74, 6) is -2.45. The van der Waals surface area contributed by atoms with Crippen molar-refractivity contribution in [2.24, 2.45) is 0 Å². The molecule has 0 fully saturated rings. The van der Waals surface area contributed by atoms with Gasteiger partial charge >= 0.3 is 12.1 Å². The number of nitro groups is 1. The summed E-state index contributed by atoms with van der Waals surface area (Å²) in [7, 11) is 0. The predicted octanol–water partition coefficient (Wildman–Crippen LogP) is 5.84. The van der Waals surface area contributed by atoms with Crippen LogP contribution in [0.5, 0.6) is 0 Å². The molecule has 1 heterocycles. The topological polar surface area (TPSA) is 73.8 Å². The predicted molar refractivity (Wildman–Crippen MR) is 102 cm³/mol. The van der Waals surface area contributed by atoms with Crippen LogP contribution >= 0.6 is 23.2 Å². The highest BCUT2D eigenvalue weighted by Crippen LogP contribution is 2.38. The summed E-state index contributed by atoms with van der Waals surface area (Å²) in [5, 5.41) is 14.6. The molecule has 1 atom stereocenters. The summed E-state index contributed by atoms with van der Waals surface area (Å²) in [6.45, 7) is 0. The van der Waals surface area contributed by atoms with Crippen LogP contribution in [0.15, 0.2) is 54.9 Å². The molecule has 3 rings (SSSR count). The van der Waals surface area contributed by atoms with Gasteiger partial charge in [-0.2, -0.15) is 13.2 Å². The molecule has 1 unspecified atom stereocenters. The molecular weight excluding hydrogens is 432 g/mol. The summed E-state index contributed by atoms with van der Waals surface area (Å²) in [5.41, 5.74) is 0.889. The van der Waals surface area contributed by atoms with Gasteiger partial charge in [-0.1, -0.05) is 52.5 Å². The van der Waals surface area contributed by atoms with Gasteiger partial charge in [0, 0.05) is 15.1 Å². The highest BCUT2D eigenvalue weighted by atomic mass is 35.5. The van der Waals surface area contributed by atoms with Gasteiger partial charge in [0.25, 0.3) is 0 Å². The van der Waals surface area contributed by atoms with Crippen LogP contribution in [0.1, 0.15) is 17.0 Å². The maximum Gasteiger partial charge on any atom is 0.491 e. The number of halogens is 5. The minimum absolute atomic E-state index is 0.0715. The van der Waals surface area contributed by atoms with Gasteiger partial charge in [0.2, 0.25) is 6.33 Å². The Kier molecular flexibility index (Phi) is 5.90. The van der Waals surface area contributed by atoms with Crippen LogP contribution in [-0.2, 0) is 0 Å². The van der Waals surface area contributed by atoms with Gasteiger partial charge < -0.3 is 10.1 Å². The zero-order chi connectivity index (χ0) is 21.2. The molecule has 0 radical (unpaired) electrons. The largest absolute Gasteiger partial charge is 0.491 e. The number of allylic oxidation sites excluding steroid dienone is 1. The van der Waals surface area contributed by atoms with E-state index in [0.29, 0.717) is 11.3 Å². The number of hydrogen-bond donors (Lipinski definition) is 0. The van der Waals surface area contributed by atoms with Crippen molar-refractivity contribution in [3.8, 4) is 5.69 Å². The maximum atomic E-state index is 13.5. The summed E-state index contributed by atoms with van der Waals surface area (Å²) in [4.78, 5) is 13.5. The number of benzene rings is 2. The zero-order valence-electron chi connectivity index (χ0n) is 14.3. The van der Waals surface area contributed by atoms with E-state index in [9.17, 15) is 23.3 Å². The van der Waals surface area contributed by atoms with Crippen LogP contribution < -0.4 is 0 Å². The van der Waals surface area contributed by atoms with E-state index in [-0.39, 0.29) is 15.6 Å². The lowest BCUT2D eigenvalue weighted by atomic mass is 9.97. The van der Waals surface area contributed by atoms with Crippen molar-refractivity contribution >= 4 is 35.2 Å². The quantitative estimate of drug-likeness (QED) is 0.367. The van der Waals surface area contributed by atoms with Gasteiger partial charge in [0.1, 0.15) is 0 Å². The molecule has 6 nitrogen and oxygen atoms in total. The van der Waals surface area contributed by atoms with E-state index in [4.69, 9.17) is 23.2 Å². The molecule has 3 aromatic rings. The van der Waals surface area contributed by atoms with Gasteiger partial charge in [-0.3, -0.25) is 0 Å². The Bertz CT molecular complexity index is 1050. The van der Waals surface area contributed by atoms with E-state index in [1.807, 2.05) is 0 Å². The first-order valence-electron chi connectivity index (χ1n) is 8.01. The lowest BCUT2D eigenvalue weighted by Crippen LogP contribution is -2.18. The van der Waals surface area contributed by atoms with Gasteiger partial charge in [-0.15, -0.1) is 4.68 Å². The minimum Gasteiger partial charge on any atom is -0.390 e. The standard InChI is InChI=1S/C18H11Cl2F3N4O2/c19-13-7-12(8-14(20)9-13)16(18(21,22)23)6-3-11-1-4-15(5-2-11)26-10-24-17(25-26)27(28)29/h1-10,16H/b6-3+. The van der Waals surface area contributed by atoms with Crippen molar-refractivity contribution in [3.05, 3.63) is 86.2 Å². The third-order valence-corrected chi connectivity index (χ3v) is 4.31. The first-order chi connectivity index (χ1) is 13.6. The van der Waals surface area contributed by atoms with E-state index in [2.05, 4.69) is 10.1 Å². The molecule has 0 N–H and O–H groups in total. The average molecular weight is 443 g/mol. The van der Waals surface area contributed by atoms with Crippen LogP contribution in [0, 0.1) is 10.1 Å². The molecule has 150 valence electrons. The Morgan fingerprint density at radius 3 is 2.24 bits per heavy atom. The number of hydrogen-bond acceptors (Lipinski definition) is 4. The van der Waals surface area contributed by atoms with E-state index in [1.165, 1.54) is 35.3 Å². The SMILES string of the molecule is O=[N+]([O-])c1ncn(-c2ccc(/C=C/C(c3cc(Cl)cc(Cl)c3)C(F)(F)F)cc2)n1. The van der Waals surface area contributed by atoms with Crippen molar-refractivity contribution in [1.29, 1.82) is 0 Å². The van der Waals surface area contributed by atoms with Crippen molar-refractivity contribution in [2.75, 3.05) is 0 Å². The molecule has 0 spiro atoms. The van der Waals surface area contributed by atoms with E-state index in [1.54, 1.807) is 24.3 Å². The fraction of sp³-hybridized carbons (Fsp3) is 0.111. The second-order valence-corrected chi connectivity index (χ2v) is 6.79. The molecule has 0 saturated carbocycles. The molecule has 2 aromatic carbocycles. The maximum absolute atomic E-state index is 13.5. The van der Waals surface area contributed by atoms with Crippen LogP contribution in [0.2, 0.25) is 10.0 Å². The van der Waals surface area contributed by atoms with E-state index in [0.717, 1.165) is 6.08 Å². The fourth-order valence-corrected chi connectivity index (χ4v) is 3.11. The number of rotatable bonds is 5. The Morgan fingerprint density at radius 1 is 1.10 bits per heavy atom. The number of alkyl halides is 3. The van der Waals surface area contributed by atoms with Crippen molar-refractivity contribution in [2.45, 2.75) is 12.1 Å². The van der Waals surface area contributed by atoms with E-state index >= 15 is 0 Å². The lowest BCUT2D eigenvalue weighted by molar-refractivity contribution is -0.394. The van der Waals surface area contributed by atoms with Crippen LogP contribution in [0.4, 0.5) is 19.1 Å². The van der Waals surface area contributed by atoms with Crippen molar-refractivity contribution in [3.63, 3.8) is 0 Å². The summed E-state index contributed by atoms with van der Waals surface area (Å²) in [6, 6.07) is 10.0. The third kappa shape index (κ3) is 5.12. The Labute approximate surface area is 172 Å². The lowest BCUT2D eigenvalue weighted by Gasteiger charge is -2.18. The molecule has 0 aliphatic carbocycles. The van der Waals surface area contributed by atoms with Crippen LogP contribution in [0.3, 0.4) is 0 Å². The van der Waals surface area contributed by atoms with Gasteiger partial charge in [0.15, 0.2) is 0 Å². The highest BCUT2D eigenvalue weighted by Gasteiger charge is 2.39. The smallest absolute Gasteiger partial charge is 0.390 e. The molecule has 0 bridgehead atoms. The Morgan fingerprint density at radius 2 is 1.72 bits per heavy atom. The Balaban J connectivity index is 1.85. The third-order valence-electron chi connectivity index (χ3n) is 3.88. The van der Waals surface area contributed by atoms with Gasteiger partial charge in [0.05, 0.1) is 11.6 Å². The monoisotopic (exact) mass is 442 g/mol. The molecule has 11 heteroatoms. The van der Waals surface area contributed by atoms with Gasteiger partial charge in [-0.05, 0) is 46.4 Å². The van der Waals surface area contributed by atoms with Crippen molar-refractivity contribution in [1.82, 2.24) is 14.8 Å². The second-order valence-electron chi connectivity index (χ2n) is 5.92. The van der Waals surface area contributed by atoms with Gasteiger partial charge in [-0.25, -0.2) is 0 Å². The average Bonchev–Trinajstić information content (AvgIpc) is 3.11. The second kappa shape index (κ2) is 8.22. The molecule has 29 heavy (non-hydrogen) atoms. The van der Waals surface area contributed by atoms with E-state index < -0.39 is 23.0 Å². The normalized spacial score (nSPS) is 13.0. The summed E-state index contributed by atoms with van der Waals surface area (Å²) in [6.07, 6.45) is -1.03. The fourth-order valence-electron chi connectivity index (χ4n) is 2.57. The van der Waals surface area contributed by atoms with Crippen LogP contribution in [-0.4, -0.2) is 25.9 Å². The molecule has 0 aliphatic heterocycles. The molecular formula is C18H11Cl2F3N4O2. The molecule has 0 amide bonds. The first kappa shape index (κ1) is 20.8. The minimum atomic E-state index is -4.54. The van der Waals surface area contributed by atoms with Crippen molar-refractivity contribution < 1.29 is 18.1 Å². The highest BCUT2D eigenvalue weighted by molar-refractivity contribution is 6.34. The first-order valence-corrected chi connectivity index (χ1v) is 8.76. The number of nitrogens with zero attached hydrogens (tertiary/aromatic N) is 4. The summed E-state index contributed by atoms with van der Waals surface area (Å²) >= 11 is 11.7. The molecule has 0 aliphatic rings. The molecule has 1 aromatic heterocycles. The zero-order valence-corrected chi connectivity index (χ0v) is 15.9. The van der Waals surface area contributed by atoms with Crippen LogP contribution in [0.25, 0.3) is 11.8 Å². The number of aromatic nitrogens is 3. The molecule has 0 saturated heterocycles. The Hall–Kier alpha value is -2.91. The summed E-state index contributed by atoms with van der Waals surface area (Å²) < 4.78 is 41.7.